The number of methoxy groups -OCH3 is 2. The first-order valence-corrected chi connectivity index (χ1v) is 7.22. The number of carbonyl (C=O) groups excluding carboxylic acids is 1. The minimum absolute atomic E-state index is 0.185. The van der Waals surface area contributed by atoms with Crippen LogP contribution in [0.5, 0.6) is 11.5 Å². The largest absolute Gasteiger partial charge is 0.514 e. The van der Waals surface area contributed by atoms with E-state index in [9.17, 15) is 4.79 Å². The van der Waals surface area contributed by atoms with Gasteiger partial charge in [-0.25, -0.2) is 4.79 Å². The fourth-order valence-electron chi connectivity index (χ4n) is 2.05. The van der Waals surface area contributed by atoms with Crippen LogP contribution in [0.25, 0.3) is 0 Å². The van der Waals surface area contributed by atoms with Gasteiger partial charge in [-0.2, -0.15) is 0 Å². The lowest BCUT2D eigenvalue weighted by atomic mass is 10.00. The third-order valence-electron chi connectivity index (χ3n) is 3.40. The molecule has 5 heteroatoms. The van der Waals surface area contributed by atoms with Gasteiger partial charge >= 0.3 is 6.16 Å². The van der Waals surface area contributed by atoms with E-state index < -0.39 is 11.8 Å². The maximum atomic E-state index is 11.9. The molecule has 0 aliphatic heterocycles. The maximum absolute atomic E-state index is 11.9. The summed E-state index contributed by atoms with van der Waals surface area (Å²) in [7, 11) is 3.23. The van der Waals surface area contributed by atoms with Crippen molar-refractivity contribution in [1.82, 2.24) is 0 Å². The highest BCUT2D eigenvalue weighted by molar-refractivity contribution is 5.66. The molecule has 1 unspecified atom stereocenters. The van der Waals surface area contributed by atoms with E-state index in [1.807, 2.05) is 20.8 Å². The van der Waals surface area contributed by atoms with Crippen molar-refractivity contribution in [3.63, 3.8) is 0 Å². The van der Waals surface area contributed by atoms with Crippen LogP contribution in [0.3, 0.4) is 0 Å². The Balaban J connectivity index is 3.20. The van der Waals surface area contributed by atoms with Crippen molar-refractivity contribution in [3.8, 4) is 11.5 Å². The molecule has 0 saturated heterocycles. The second kappa shape index (κ2) is 7.01. The predicted molar refractivity (Wildman–Crippen MR) is 84.8 cm³/mol. The van der Waals surface area contributed by atoms with Gasteiger partial charge in [0.2, 0.25) is 0 Å². The Kier molecular flexibility index (Phi) is 5.83. The zero-order valence-corrected chi connectivity index (χ0v) is 14.7. The van der Waals surface area contributed by atoms with Crippen LogP contribution in [0.1, 0.15) is 50.5 Å². The topological polar surface area (TPSA) is 54.0 Å². The molecule has 0 aromatic heterocycles. The quantitative estimate of drug-likeness (QED) is 0.612. The molecule has 0 N–H and O–H groups in total. The Bertz CT molecular complexity index is 543. The standard InChI is InChI=1S/C17H26O5/c1-10-11(2)15(20-8)13(12(3)19-7)9-14(10)21-16(18)22-17(4,5)6/h9,12H,1-8H3. The fraction of sp³-hybridized carbons (Fsp3) is 0.588. The summed E-state index contributed by atoms with van der Waals surface area (Å²) in [5.74, 6) is 1.19. The van der Waals surface area contributed by atoms with Gasteiger partial charge in [0.15, 0.2) is 0 Å². The molecular weight excluding hydrogens is 284 g/mol. The Labute approximate surface area is 132 Å². The van der Waals surface area contributed by atoms with Gasteiger partial charge in [0.05, 0.1) is 13.2 Å². The summed E-state index contributed by atoms with van der Waals surface area (Å²) in [5.41, 5.74) is 1.96. The van der Waals surface area contributed by atoms with Gasteiger partial charge < -0.3 is 18.9 Å². The van der Waals surface area contributed by atoms with Crippen LogP contribution in [-0.4, -0.2) is 26.0 Å². The first kappa shape index (κ1) is 18.3. The zero-order valence-electron chi connectivity index (χ0n) is 14.7. The molecule has 0 aliphatic carbocycles. The molecule has 0 bridgehead atoms. The zero-order chi connectivity index (χ0) is 17.1. The van der Waals surface area contributed by atoms with Crippen LogP contribution in [0.15, 0.2) is 6.07 Å². The summed E-state index contributed by atoms with van der Waals surface area (Å²) in [6.07, 6.45) is -0.911. The molecule has 0 heterocycles. The number of hydrogen-bond acceptors (Lipinski definition) is 5. The summed E-state index contributed by atoms with van der Waals surface area (Å²) in [6.45, 7) is 11.1. The molecule has 0 amide bonds. The van der Waals surface area contributed by atoms with Crippen molar-refractivity contribution >= 4 is 6.16 Å². The van der Waals surface area contributed by atoms with Crippen LogP contribution in [-0.2, 0) is 9.47 Å². The third-order valence-corrected chi connectivity index (χ3v) is 3.40. The smallest absolute Gasteiger partial charge is 0.496 e. The highest BCUT2D eigenvalue weighted by Crippen LogP contribution is 2.37. The van der Waals surface area contributed by atoms with E-state index >= 15 is 0 Å². The number of carbonyl (C=O) groups is 1. The number of hydrogen-bond donors (Lipinski definition) is 0. The van der Waals surface area contributed by atoms with Crippen molar-refractivity contribution in [1.29, 1.82) is 0 Å². The molecule has 1 atom stereocenters. The van der Waals surface area contributed by atoms with E-state index in [1.165, 1.54) is 0 Å². The molecule has 0 radical (unpaired) electrons. The lowest BCUT2D eigenvalue weighted by Crippen LogP contribution is -2.26. The summed E-state index contributed by atoms with van der Waals surface area (Å²) >= 11 is 0. The van der Waals surface area contributed by atoms with Crippen molar-refractivity contribution < 1.29 is 23.7 Å². The second-order valence-electron chi connectivity index (χ2n) is 6.19. The molecular formula is C17H26O5. The van der Waals surface area contributed by atoms with Gasteiger partial charge in [-0.05, 0) is 58.7 Å². The van der Waals surface area contributed by atoms with E-state index in [4.69, 9.17) is 18.9 Å². The third kappa shape index (κ3) is 4.37. The first-order valence-electron chi connectivity index (χ1n) is 7.22. The normalized spacial score (nSPS) is 12.7. The van der Waals surface area contributed by atoms with Crippen LogP contribution in [0, 0.1) is 13.8 Å². The van der Waals surface area contributed by atoms with E-state index in [0.717, 1.165) is 22.4 Å². The first-order chi connectivity index (χ1) is 10.1. The average Bonchev–Trinajstić information content (AvgIpc) is 2.40. The SMILES string of the molecule is COc1c(C(C)OC)cc(OC(=O)OC(C)(C)C)c(C)c1C. The Morgan fingerprint density at radius 1 is 1.14 bits per heavy atom. The molecule has 1 rings (SSSR count). The fourth-order valence-corrected chi connectivity index (χ4v) is 2.05. The molecule has 1 aromatic rings. The molecule has 0 fully saturated rings. The number of benzene rings is 1. The molecule has 22 heavy (non-hydrogen) atoms. The van der Waals surface area contributed by atoms with E-state index in [0.29, 0.717) is 5.75 Å². The molecule has 0 aliphatic rings. The minimum atomic E-state index is -0.726. The Morgan fingerprint density at radius 2 is 1.73 bits per heavy atom. The van der Waals surface area contributed by atoms with Gasteiger partial charge in [-0.3, -0.25) is 0 Å². The molecule has 1 aromatic carbocycles. The number of rotatable bonds is 4. The Hall–Kier alpha value is -1.75. The van der Waals surface area contributed by atoms with Crippen LogP contribution >= 0.6 is 0 Å². The van der Waals surface area contributed by atoms with Crippen LogP contribution in [0.2, 0.25) is 0 Å². The van der Waals surface area contributed by atoms with Crippen molar-refractivity contribution in [2.45, 2.75) is 53.2 Å². The lowest BCUT2D eigenvalue weighted by Gasteiger charge is -2.22. The maximum Gasteiger partial charge on any atom is 0.514 e. The van der Waals surface area contributed by atoms with Crippen molar-refractivity contribution in [2.75, 3.05) is 14.2 Å². The molecule has 0 saturated carbocycles. The second-order valence-corrected chi connectivity index (χ2v) is 6.19. The minimum Gasteiger partial charge on any atom is -0.496 e. The summed E-state index contributed by atoms with van der Waals surface area (Å²) in [4.78, 5) is 11.9. The predicted octanol–water partition coefficient (Wildman–Crippen LogP) is 4.33. The molecule has 0 spiro atoms. The summed E-state index contributed by atoms with van der Waals surface area (Å²) < 4.78 is 21.4. The van der Waals surface area contributed by atoms with Crippen molar-refractivity contribution in [2.24, 2.45) is 0 Å². The highest BCUT2D eigenvalue weighted by atomic mass is 16.7. The van der Waals surface area contributed by atoms with Gasteiger partial charge in [0.25, 0.3) is 0 Å². The Morgan fingerprint density at radius 3 is 2.18 bits per heavy atom. The monoisotopic (exact) mass is 310 g/mol. The van der Waals surface area contributed by atoms with E-state index in [-0.39, 0.29) is 6.10 Å². The van der Waals surface area contributed by atoms with E-state index in [1.54, 1.807) is 41.1 Å². The van der Waals surface area contributed by atoms with Crippen molar-refractivity contribution in [3.05, 3.63) is 22.8 Å². The van der Waals surface area contributed by atoms with Gasteiger partial charge in [-0.1, -0.05) is 0 Å². The van der Waals surface area contributed by atoms with E-state index in [2.05, 4.69) is 0 Å². The van der Waals surface area contributed by atoms with Crippen LogP contribution < -0.4 is 9.47 Å². The number of ether oxygens (including phenoxy) is 4. The molecule has 5 nitrogen and oxygen atoms in total. The van der Waals surface area contributed by atoms with Gasteiger partial charge in [0, 0.05) is 12.7 Å². The highest BCUT2D eigenvalue weighted by Gasteiger charge is 2.22. The average molecular weight is 310 g/mol. The van der Waals surface area contributed by atoms with Crippen LogP contribution in [0.4, 0.5) is 4.79 Å². The summed E-state index contributed by atoms with van der Waals surface area (Å²) in [6, 6.07) is 1.76. The van der Waals surface area contributed by atoms with Gasteiger partial charge in [0.1, 0.15) is 17.1 Å². The summed E-state index contributed by atoms with van der Waals surface area (Å²) in [5, 5.41) is 0. The molecule has 124 valence electrons. The lowest BCUT2D eigenvalue weighted by molar-refractivity contribution is 0.0203. The van der Waals surface area contributed by atoms with Gasteiger partial charge in [-0.15, -0.1) is 0 Å².